The Labute approximate surface area is 189 Å². The van der Waals surface area contributed by atoms with E-state index in [1.54, 1.807) is 54.6 Å². The molecule has 8 nitrogen and oxygen atoms in total. The van der Waals surface area contributed by atoms with Crippen molar-refractivity contribution < 1.29 is 22.7 Å². The van der Waals surface area contributed by atoms with E-state index >= 15 is 0 Å². The number of nitrogens with zero attached hydrogens (tertiary/aromatic N) is 1. The second kappa shape index (κ2) is 10.7. The molecule has 0 radical (unpaired) electrons. The predicted molar refractivity (Wildman–Crippen MR) is 120 cm³/mol. The quantitative estimate of drug-likeness (QED) is 0.227. The molecule has 0 unspecified atom stereocenters. The zero-order chi connectivity index (χ0) is 23.0. The molecule has 0 aliphatic carbocycles. The molecule has 0 saturated heterocycles. The second-order valence-electron chi connectivity index (χ2n) is 6.37. The fourth-order valence-electron chi connectivity index (χ4n) is 2.48. The molecule has 0 aliphatic rings. The van der Waals surface area contributed by atoms with Crippen molar-refractivity contribution in [2.24, 2.45) is 5.10 Å². The summed E-state index contributed by atoms with van der Waals surface area (Å²) in [6.07, 6.45) is 1.29. The Balaban J connectivity index is 1.58. The number of esters is 1. The van der Waals surface area contributed by atoms with Gasteiger partial charge in [-0.3, -0.25) is 4.79 Å². The highest BCUT2D eigenvalue weighted by atomic mass is 35.5. The van der Waals surface area contributed by atoms with E-state index in [0.717, 1.165) is 0 Å². The van der Waals surface area contributed by atoms with E-state index in [4.69, 9.17) is 16.3 Å². The van der Waals surface area contributed by atoms with Crippen LogP contribution in [-0.2, 0) is 14.8 Å². The van der Waals surface area contributed by atoms with Crippen LogP contribution in [0.15, 0.2) is 88.9 Å². The van der Waals surface area contributed by atoms with Gasteiger partial charge in [0.25, 0.3) is 5.91 Å². The summed E-state index contributed by atoms with van der Waals surface area (Å²) in [5.41, 5.74) is 2.97. The smallest absolute Gasteiger partial charge is 0.343 e. The van der Waals surface area contributed by atoms with E-state index in [9.17, 15) is 18.0 Å². The van der Waals surface area contributed by atoms with Gasteiger partial charge in [0, 0.05) is 10.6 Å². The third kappa shape index (κ3) is 6.48. The standard InChI is InChI=1S/C22H18ClN3O5S/c23-18-12-10-16(11-13-18)22(28)31-20-9-5-4-6-17(20)14-24-26-21(27)15-25-32(29,30)19-7-2-1-3-8-19/h1-14,25H,15H2,(H,26,27). The highest BCUT2D eigenvalue weighted by molar-refractivity contribution is 7.89. The lowest BCUT2D eigenvalue weighted by Gasteiger charge is -2.07. The maximum atomic E-state index is 12.3. The number of benzene rings is 3. The third-order valence-corrected chi connectivity index (χ3v) is 5.74. The van der Waals surface area contributed by atoms with Gasteiger partial charge >= 0.3 is 5.97 Å². The number of halogens is 1. The van der Waals surface area contributed by atoms with E-state index < -0.39 is 28.4 Å². The van der Waals surface area contributed by atoms with Crippen molar-refractivity contribution in [1.82, 2.24) is 10.1 Å². The van der Waals surface area contributed by atoms with E-state index in [2.05, 4.69) is 15.2 Å². The molecule has 2 N–H and O–H groups in total. The van der Waals surface area contributed by atoms with Crippen LogP contribution in [0.3, 0.4) is 0 Å². The number of nitrogens with one attached hydrogen (secondary N) is 2. The number of sulfonamides is 1. The van der Waals surface area contributed by atoms with E-state index in [1.807, 2.05) is 0 Å². The number of para-hydroxylation sites is 1. The van der Waals surface area contributed by atoms with Crippen molar-refractivity contribution in [3.05, 3.63) is 95.0 Å². The topological polar surface area (TPSA) is 114 Å². The second-order valence-corrected chi connectivity index (χ2v) is 8.57. The first-order valence-electron chi connectivity index (χ1n) is 9.28. The Morgan fingerprint density at radius 2 is 1.59 bits per heavy atom. The SMILES string of the molecule is O=C(CNS(=O)(=O)c1ccccc1)NN=Cc1ccccc1OC(=O)c1ccc(Cl)cc1. The predicted octanol–water partition coefficient (Wildman–Crippen LogP) is 2.99. The van der Waals surface area contributed by atoms with Crippen LogP contribution in [0.25, 0.3) is 0 Å². The van der Waals surface area contributed by atoms with Gasteiger partial charge < -0.3 is 4.74 Å². The maximum Gasteiger partial charge on any atom is 0.343 e. The Morgan fingerprint density at radius 3 is 2.31 bits per heavy atom. The lowest BCUT2D eigenvalue weighted by Crippen LogP contribution is -2.34. The summed E-state index contributed by atoms with van der Waals surface area (Å²) in [6, 6.07) is 20.5. The van der Waals surface area contributed by atoms with Gasteiger partial charge in [0.05, 0.1) is 23.2 Å². The van der Waals surface area contributed by atoms with Gasteiger partial charge in [0.15, 0.2) is 0 Å². The maximum absolute atomic E-state index is 12.3. The van der Waals surface area contributed by atoms with Gasteiger partial charge in [-0.2, -0.15) is 5.10 Å². The zero-order valence-corrected chi connectivity index (χ0v) is 18.1. The largest absolute Gasteiger partial charge is 0.422 e. The molecule has 1 amide bonds. The van der Waals surface area contributed by atoms with Crippen molar-refractivity contribution in [3.63, 3.8) is 0 Å². The van der Waals surface area contributed by atoms with Crippen LogP contribution in [0.1, 0.15) is 15.9 Å². The highest BCUT2D eigenvalue weighted by Crippen LogP contribution is 2.18. The van der Waals surface area contributed by atoms with Crippen LogP contribution < -0.4 is 14.9 Å². The number of ether oxygens (including phenoxy) is 1. The number of carbonyl (C=O) groups excluding carboxylic acids is 2. The highest BCUT2D eigenvalue weighted by Gasteiger charge is 2.15. The molecule has 3 aromatic carbocycles. The van der Waals surface area contributed by atoms with Crippen LogP contribution in [0.4, 0.5) is 0 Å². The number of carbonyl (C=O) groups is 2. The number of rotatable bonds is 8. The number of amides is 1. The molecule has 3 aromatic rings. The van der Waals surface area contributed by atoms with Gasteiger partial charge in [-0.1, -0.05) is 41.9 Å². The molecule has 3 rings (SSSR count). The number of hydrogen-bond acceptors (Lipinski definition) is 6. The van der Waals surface area contributed by atoms with Crippen LogP contribution in [0.2, 0.25) is 5.02 Å². The van der Waals surface area contributed by atoms with Crippen molar-refractivity contribution in [2.75, 3.05) is 6.54 Å². The van der Waals surface area contributed by atoms with Crippen molar-refractivity contribution in [1.29, 1.82) is 0 Å². The Morgan fingerprint density at radius 1 is 0.938 bits per heavy atom. The molecular formula is C22H18ClN3O5S. The first-order chi connectivity index (χ1) is 15.3. The molecule has 0 heterocycles. The monoisotopic (exact) mass is 471 g/mol. The lowest BCUT2D eigenvalue weighted by molar-refractivity contribution is -0.119. The van der Waals surface area contributed by atoms with Crippen LogP contribution >= 0.6 is 11.6 Å². The molecule has 0 fully saturated rings. The lowest BCUT2D eigenvalue weighted by atomic mass is 10.2. The van der Waals surface area contributed by atoms with Crippen LogP contribution in [0.5, 0.6) is 5.75 Å². The van der Waals surface area contributed by atoms with Crippen molar-refractivity contribution in [2.45, 2.75) is 4.90 Å². The zero-order valence-electron chi connectivity index (χ0n) is 16.6. The summed E-state index contributed by atoms with van der Waals surface area (Å²) >= 11 is 5.82. The first kappa shape index (κ1) is 23.1. The minimum atomic E-state index is -3.81. The van der Waals surface area contributed by atoms with Gasteiger partial charge in [-0.25, -0.2) is 23.4 Å². The molecule has 32 heavy (non-hydrogen) atoms. The normalized spacial score (nSPS) is 11.3. The average Bonchev–Trinajstić information content (AvgIpc) is 2.80. The summed E-state index contributed by atoms with van der Waals surface area (Å²) in [5.74, 6) is -1.02. The number of hydrazone groups is 1. The summed E-state index contributed by atoms with van der Waals surface area (Å²) in [6.45, 7) is -0.498. The molecule has 0 saturated carbocycles. The number of hydrogen-bond donors (Lipinski definition) is 2. The van der Waals surface area contributed by atoms with Gasteiger partial charge in [0.2, 0.25) is 10.0 Å². The van der Waals surface area contributed by atoms with Crippen LogP contribution in [0, 0.1) is 0 Å². The van der Waals surface area contributed by atoms with Gasteiger partial charge in [0.1, 0.15) is 5.75 Å². The molecule has 0 spiro atoms. The van der Waals surface area contributed by atoms with Crippen molar-refractivity contribution >= 4 is 39.7 Å². The molecule has 0 bridgehead atoms. The molecule has 10 heteroatoms. The average molecular weight is 472 g/mol. The minimum absolute atomic E-state index is 0.0488. The van der Waals surface area contributed by atoms with Crippen molar-refractivity contribution in [3.8, 4) is 5.75 Å². The van der Waals surface area contributed by atoms with E-state index in [1.165, 1.54) is 30.5 Å². The third-order valence-electron chi connectivity index (χ3n) is 4.07. The Hall–Kier alpha value is -3.53. The van der Waals surface area contributed by atoms with Crippen LogP contribution in [-0.4, -0.2) is 33.1 Å². The molecule has 0 aromatic heterocycles. The fourth-order valence-corrected chi connectivity index (χ4v) is 3.61. The summed E-state index contributed by atoms with van der Waals surface area (Å²) in [5, 5.41) is 4.30. The fraction of sp³-hybridized carbons (Fsp3) is 0.0455. The van der Waals surface area contributed by atoms with Gasteiger partial charge in [-0.05, 0) is 48.5 Å². The minimum Gasteiger partial charge on any atom is -0.422 e. The van der Waals surface area contributed by atoms with Gasteiger partial charge in [-0.15, -0.1) is 0 Å². The summed E-state index contributed by atoms with van der Waals surface area (Å²) in [7, 11) is -3.81. The summed E-state index contributed by atoms with van der Waals surface area (Å²) < 4.78 is 31.8. The Bertz CT molecular complexity index is 1230. The summed E-state index contributed by atoms with van der Waals surface area (Å²) in [4.78, 5) is 24.3. The molecular weight excluding hydrogens is 454 g/mol. The molecule has 0 aliphatic heterocycles. The first-order valence-corrected chi connectivity index (χ1v) is 11.1. The molecule has 0 atom stereocenters. The van der Waals surface area contributed by atoms with E-state index in [0.29, 0.717) is 16.1 Å². The van der Waals surface area contributed by atoms with E-state index in [-0.39, 0.29) is 10.6 Å². The molecule has 164 valence electrons. The Kier molecular flexibility index (Phi) is 7.72.